The molecule has 6 heteroatoms. The van der Waals surface area contributed by atoms with Gasteiger partial charge in [-0.05, 0) is 48.6 Å². The maximum atomic E-state index is 13.2. The smallest absolute Gasteiger partial charge is 0.254 e. The van der Waals surface area contributed by atoms with Crippen LogP contribution in [0.2, 0.25) is 0 Å². The lowest BCUT2D eigenvalue weighted by Crippen LogP contribution is -2.56. The minimum atomic E-state index is -0.862. The van der Waals surface area contributed by atoms with E-state index >= 15 is 0 Å². The molecule has 2 N–H and O–H groups in total. The molecule has 2 fully saturated rings. The largest absolute Gasteiger partial charge is 0.387 e. The summed E-state index contributed by atoms with van der Waals surface area (Å²) in [5, 5.41) is 14.8. The van der Waals surface area contributed by atoms with Gasteiger partial charge in [0.25, 0.3) is 5.91 Å². The van der Waals surface area contributed by atoms with Crippen LogP contribution < -0.4 is 5.32 Å². The van der Waals surface area contributed by atoms with E-state index < -0.39 is 5.60 Å². The quantitative estimate of drug-likeness (QED) is 0.777. The zero-order valence-corrected chi connectivity index (χ0v) is 17.9. The van der Waals surface area contributed by atoms with Gasteiger partial charge in [-0.2, -0.15) is 0 Å². The number of ether oxygens (including phenoxy) is 1. The molecule has 1 atom stereocenters. The maximum absolute atomic E-state index is 13.2. The molecule has 0 aromatic heterocycles. The highest BCUT2D eigenvalue weighted by Crippen LogP contribution is 2.27. The summed E-state index contributed by atoms with van der Waals surface area (Å²) in [6.45, 7) is 4.91. The van der Waals surface area contributed by atoms with Crippen LogP contribution >= 0.6 is 0 Å². The Kier molecular flexibility index (Phi) is 5.69. The average molecular weight is 422 g/mol. The molecule has 0 saturated carbocycles. The molecule has 31 heavy (non-hydrogen) atoms. The number of hydrogen-bond acceptors (Lipinski definition) is 5. The second-order valence-electron chi connectivity index (χ2n) is 9.24. The fraction of sp³-hybridized carbons (Fsp3) is 0.480. The number of anilines is 1. The molecule has 3 heterocycles. The van der Waals surface area contributed by atoms with Gasteiger partial charge < -0.3 is 20.1 Å². The Bertz CT molecular complexity index is 945. The third-order valence-electron chi connectivity index (χ3n) is 6.69. The zero-order valence-electron chi connectivity index (χ0n) is 17.9. The van der Waals surface area contributed by atoms with Crippen LogP contribution in [0.15, 0.2) is 48.5 Å². The predicted octanol–water partition coefficient (Wildman–Crippen LogP) is 2.52. The fourth-order valence-electron chi connectivity index (χ4n) is 5.00. The van der Waals surface area contributed by atoms with E-state index in [1.807, 2.05) is 29.2 Å². The highest BCUT2D eigenvalue weighted by atomic mass is 16.5. The van der Waals surface area contributed by atoms with Crippen molar-refractivity contribution in [2.24, 2.45) is 0 Å². The number of carbonyl (C=O) groups excluding carboxylic acids is 1. The lowest BCUT2D eigenvalue weighted by molar-refractivity contribution is -0.0489. The number of hydrogen-bond donors (Lipinski definition) is 2. The first-order valence-electron chi connectivity index (χ1n) is 11.3. The predicted molar refractivity (Wildman–Crippen MR) is 120 cm³/mol. The van der Waals surface area contributed by atoms with Crippen LogP contribution in [0.4, 0.5) is 5.69 Å². The summed E-state index contributed by atoms with van der Waals surface area (Å²) in [4.78, 5) is 17.4. The standard InChI is InChI=1S/C25H31N3O3/c29-24(20-7-3-8-22(13-20)26-23-15-31-16-23)28-11-4-10-25(30,18-28)17-27-12-9-19-5-1-2-6-21(19)14-27/h1-3,5-8,13,23,26,30H,4,9-12,14-18H2. The SMILES string of the molecule is O=C(c1cccc(NC2COC2)c1)N1CCCC(O)(CN2CCc3ccccc3C2)C1. The molecule has 164 valence electrons. The van der Waals surface area contributed by atoms with Crippen molar-refractivity contribution in [1.29, 1.82) is 0 Å². The summed E-state index contributed by atoms with van der Waals surface area (Å²) in [7, 11) is 0. The molecule has 0 bridgehead atoms. The maximum Gasteiger partial charge on any atom is 0.254 e. The molecule has 3 aliphatic rings. The monoisotopic (exact) mass is 421 g/mol. The number of piperidine rings is 1. The first kappa shape index (κ1) is 20.5. The van der Waals surface area contributed by atoms with Crippen molar-refractivity contribution in [2.75, 3.05) is 44.7 Å². The van der Waals surface area contributed by atoms with Crippen LogP contribution in [0.5, 0.6) is 0 Å². The summed E-state index contributed by atoms with van der Waals surface area (Å²) < 4.78 is 5.22. The van der Waals surface area contributed by atoms with E-state index in [2.05, 4.69) is 34.5 Å². The van der Waals surface area contributed by atoms with Crippen molar-refractivity contribution in [3.8, 4) is 0 Å². The summed E-state index contributed by atoms with van der Waals surface area (Å²) in [5.74, 6) is -0.00405. The molecule has 1 amide bonds. The molecule has 6 nitrogen and oxygen atoms in total. The topological polar surface area (TPSA) is 65.0 Å². The van der Waals surface area contributed by atoms with Crippen LogP contribution in [-0.4, -0.2) is 71.8 Å². The van der Waals surface area contributed by atoms with E-state index in [9.17, 15) is 9.90 Å². The molecule has 3 aliphatic heterocycles. The van der Waals surface area contributed by atoms with Gasteiger partial charge in [0, 0.05) is 37.4 Å². The van der Waals surface area contributed by atoms with E-state index in [0.717, 1.165) is 38.0 Å². The summed E-state index contributed by atoms with van der Waals surface area (Å²) in [6, 6.07) is 16.5. The molecule has 2 aromatic carbocycles. The van der Waals surface area contributed by atoms with E-state index in [-0.39, 0.29) is 5.91 Å². The van der Waals surface area contributed by atoms with E-state index in [0.29, 0.717) is 44.5 Å². The van der Waals surface area contributed by atoms with Crippen LogP contribution in [0, 0.1) is 0 Å². The van der Waals surface area contributed by atoms with Gasteiger partial charge in [0.15, 0.2) is 0 Å². The van der Waals surface area contributed by atoms with Crippen molar-refractivity contribution in [3.63, 3.8) is 0 Å². The van der Waals surface area contributed by atoms with Gasteiger partial charge in [0.1, 0.15) is 0 Å². The Labute approximate surface area is 183 Å². The van der Waals surface area contributed by atoms with Crippen LogP contribution in [-0.2, 0) is 17.7 Å². The highest BCUT2D eigenvalue weighted by Gasteiger charge is 2.37. The fourth-order valence-corrected chi connectivity index (χ4v) is 5.00. The second kappa shape index (κ2) is 8.61. The zero-order chi connectivity index (χ0) is 21.3. The van der Waals surface area contributed by atoms with Gasteiger partial charge in [0.05, 0.1) is 31.4 Å². The first-order valence-corrected chi connectivity index (χ1v) is 11.3. The second-order valence-corrected chi connectivity index (χ2v) is 9.24. The van der Waals surface area contributed by atoms with Gasteiger partial charge in [-0.3, -0.25) is 9.69 Å². The number of nitrogens with one attached hydrogen (secondary N) is 1. The number of carbonyl (C=O) groups is 1. The number of fused-ring (bicyclic) bond motifs is 1. The first-order chi connectivity index (χ1) is 15.1. The van der Waals surface area contributed by atoms with Crippen LogP contribution in [0.1, 0.15) is 34.3 Å². The minimum absolute atomic E-state index is 0.00405. The molecule has 2 aromatic rings. The average Bonchev–Trinajstić information content (AvgIpc) is 2.75. The Morgan fingerprint density at radius 2 is 1.97 bits per heavy atom. The number of β-amino-alcohol motifs (C(OH)–C–C–N with tert-alkyl or cyclic N) is 1. The van der Waals surface area contributed by atoms with Gasteiger partial charge in [-0.15, -0.1) is 0 Å². The number of aliphatic hydroxyl groups is 1. The molecular weight excluding hydrogens is 390 g/mol. The molecule has 5 rings (SSSR count). The Hall–Kier alpha value is -2.41. The van der Waals surface area contributed by atoms with Crippen molar-refractivity contribution in [1.82, 2.24) is 9.80 Å². The molecule has 0 radical (unpaired) electrons. The number of nitrogens with zero attached hydrogens (tertiary/aromatic N) is 2. The summed E-state index contributed by atoms with van der Waals surface area (Å²) in [6.07, 6.45) is 2.57. The third-order valence-corrected chi connectivity index (χ3v) is 6.69. The minimum Gasteiger partial charge on any atom is -0.387 e. The van der Waals surface area contributed by atoms with Crippen LogP contribution in [0.25, 0.3) is 0 Å². The number of rotatable bonds is 5. The molecule has 0 aliphatic carbocycles. The molecule has 2 saturated heterocycles. The lowest BCUT2D eigenvalue weighted by Gasteiger charge is -2.43. The van der Waals surface area contributed by atoms with Crippen LogP contribution in [0.3, 0.4) is 0 Å². The highest BCUT2D eigenvalue weighted by molar-refractivity contribution is 5.95. The van der Waals surface area contributed by atoms with Gasteiger partial charge in [0.2, 0.25) is 0 Å². The van der Waals surface area contributed by atoms with E-state index in [4.69, 9.17) is 4.74 Å². The normalized spacial score (nSPS) is 24.4. The summed E-state index contributed by atoms with van der Waals surface area (Å²) in [5.41, 5.74) is 3.51. The molecule has 1 unspecified atom stereocenters. The van der Waals surface area contributed by atoms with Crippen molar-refractivity contribution in [2.45, 2.75) is 37.5 Å². The number of amides is 1. The van der Waals surface area contributed by atoms with Crippen molar-refractivity contribution in [3.05, 3.63) is 65.2 Å². The van der Waals surface area contributed by atoms with Gasteiger partial charge in [-0.25, -0.2) is 0 Å². The van der Waals surface area contributed by atoms with E-state index in [1.165, 1.54) is 11.1 Å². The number of likely N-dealkylation sites (tertiary alicyclic amines) is 1. The third kappa shape index (κ3) is 4.61. The molecular formula is C25H31N3O3. The Balaban J connectivity index is 1.23. The number of benzene rings is 2. The lowest BCUT2D eigenvalue weighted by atomic mass is 9.90. The van der Waals surface area contributed by atoms with Crippen molar-refractivity contribution >= 4 is 11.6 Å². The molecule has 0 spiro atoms. The Morgan fingerprint density at radius 1 is 1.13 bits per heavy atom. The van der Waals surface area contributed by atoms with Gasteiger partial charge in [-0.1, -0.05) is 30.3 Å². The van der Waals surface area contributed by atoms with Crippen molar-refractivity contribution < 1.29 is 14.6 Å². The van der Waals surface area contributed by atoms with E-state index in [1.54, 1.807) is 0 Å². The summed E-state index contributed by atoms with van der Waals surface area (Å²) >= 11 is 0. The Morgan fingerprint density at radius 3 is 2.77 bits per heavy atom. The van der Waals surface area contributed by atoms with Gasteiger partial charge >= 0.3 is 0 Å².